The first-order valence-corrected chi connectivity index (χ1v) is 9.01. The molecule has 0 bridgehead atoms. The van der Waals surface area contributed by atoms with Crippen molar-refractivity contribution >= 4 is 5.78 Å². The van der Waals surface area contributed by atoms with Crippen molar-refractivity contribution in [2.75, 3.05) is 14.2 Å². The maximum Gasteiger partial charge on any atom is 0.167 e. The van der Waals surface area contributed by atoms with E-state index in [9.17, 15) is 4.79 Å². The first-order valence-electron chi connectivity index (χ1n) is 9.01. The standard InChI is InChI=1S/C22H22N2O3/c1-14-22-19(24(23-14)16-7-5-4-6-8-16)11-15(12-20(22)25)18-10-9-17(26-2)13-21(18)27-3/h4-10,13,15H,11-12H2,1-3H3. The number of nitrogens with zero attached hydrogens (tertiary/aromatic N) is 2. The number of aromatic nitrogens is 2. The van der Waals surface area contributed by atoms with Gasteiger partial charge in [0.2, 0.25) is 0 Å². The van der Waals surface area contributed by atoms with Crippen LogP contribution in [0.25, 0.3) is 5.69 Å². The quantitative estimate of drug-likeness (QED) is 0.701. The second-order valence-corrected chi connectivity index (χ2v) is 6.79. The Hall–Kier alpha value is -3.08. The first kappa shape index (κ1) is 17.3. The Morgan fingerprint density at radius 1 is 1.04 bits per heavy atom. The Morgan fingerprint density at radius 3 is 2.52 bits per heavy atom. The Labute approximate surface area is 158 Å². The lowest BCUT2D eigenvalue weighted by Gasteiger charge is -2.25. The van der Waals surface area contributed by atoms with E-state index in [-0.39, 0.29) is 11.7 Å². The predicted octanol–water partition coefficient (Wildman–Crippen LogP) is 4.11. The lowest BCUT2D eigenvalue weighted by Crippen LogP contribution is -2.21. The number of rotatable bonds is 4. The second-order valence-electron chi connectivity index (χ2n) is 6.79. The minimum absolute atomic E-state index is 0.0458. The van der Waals surface area contributed by atoms with E-state index in [2.05, 4.69) is 5.10 Å². The molecule has 1 unspecified atom stereocenters. The number of ketones is 1. The van der Waals surface area contributed by atoms with Crippen LogP contribution in [0.2, 0.25) is 0 Å². The molecular weight excluding hydrogens is 340 g/mol. The van der Waals surface area contributed by atoms with E-state index in [0.29, 0.717) is 6.42 Å². The van der Waals surface area contributed by atoms with Gasteiger partial charge in [-0.1, -0.05) is 24.3 Å². The summed E-state index contributed by atoms with van der Waals surface area (Å²) in [6, 6.07) is 15.7. The van der Waals surface area contributed by atoms with Gasteiger partial charge in [-0.25, -0.2) is 4.68 Å². The normalized spacial score (nSPS) is 16.1. The van der Waals surface area contributed by atoms with Gasteiger partial charge in [0.05, 0.1) is 36.9 Å². The molecule has 4 rings (SSSR count). The number of benzene rings is 2. The molecule has 0 N–H and O–H groups in total. The lowest BCUT2D eigenvalue weighted by atomic mass is 9.81. The first-order chi connectivity index (χ1) is 13.1. The molecule has 1 aliphatic rings. The molecule has 0 saturated carbocycles. The van der Waals surface area contributed by atoms with Gasteiger partial charge >= 0.3 is 0 Å². The van der Waals surface area contributed by atoms with Gasteiger partial charge in [-0.2, -0.15) is 5.10 Å². The fraction of sp³-hybridized carbons (Fsp3) is 0.273. The van der Waals surface area contributed by atoms with Crippen molar-refractivity contribution in [1.82, 2.24) is 9.78 Å². The molecule has 3 aromatic rings. The molecule has 0 spiro atoms. The Balaban J connectivity index is 1.78. The highest BCUT2D eigenvalue weighted by Crippen LogP contribution is 2.39. The summed E-state index contributed by atoms with van der Waals surface area (Å²) in [7, 11) is 3.28. The van der Waals surface area contributed by atoms with Crippen molar-refractivity contribution in [1.29, 1.82) is 0 Å². The van der Waals surface area contributed by atoms with Crippen LogP contribution < -0.4 is 9.47 Å². The van der Waals surface area contributed by atoms with E-state index < -0.39 is 0 Å². The molecule has 2 aromatic carbocycles. The summed E-state index contributed by atoms with van der Waals surface area (Å²) in [4.78, 5) is 12.9. The van der Waals surface area contributed by atoms with Gasteiger partial charge in [0.25, 0.3) is 0 Å². The third kappa shape index (κ3) is 2.99. The van der Waals surface area contributed by atoms with E-state index >= 15 is 0 Å². The molecule has 1 atom stereocenters. The topological polar surface area (TPSA) is 53.3 Å². The number of para-hydroxylation sites is 1. The van der Waals surface area contributed by atoms with Gasteiger partial charge in [-0.3, -0.25) is 4.79 Å². The number of carbonyl (C=O) groups is 1. The number of ether oxygens (including phenoxy) is 2. The molecule has 27 heavy (non-hydrogen) atoms. The molecule has 5 nitrogen and oxygen atoms in total. The van der Waals surface area contributed by atoms with Crippen LogP contribution in [0.15, 0.2) is 48.5 Å². The molecule has 1 aliphatic carbocycles. The molecule has 1 heterocycles. The fourth-order valence-corrected chi connectivity index (χ4v) is 3.92. The van der Waals surface area contributed by atoms with Crippen molar-refractivity contribution in [2.24, 2.45) is 0 Å². The zero-order valence-corrected chi connectivity index (χ0v) is 15.7. The number of hydrogen-bond donors (Lipinski definition) is 0. The summed E-state index contributed by atoms with van der Waals surface area (Å²) in [5.74, 6) is 1.67. The molecule has 0 radical (unpaired) electrons. The summed E-state index contributed by atoms with van der Waals surface area (Å²) < 4.78 is 12.8. The number of hydrogen-bond acceptors (Lipinski definition) is 4. The van der Waals surface area contributed by atoms with Gasteiger partial charge in [-0.05, 0) is 37.1 Å². The van der Waals surface area contributed by atoms with Crippen LogP contribution in [-0.2, 0) is 6.42 Å². The lowest BCUT2D eigenvalue weighted by molar-refractivity contribution is 0.0963. The van der Waals surface area contributed by atoms with E-state index in [1.165, 1.54) is 0 Å². The second kappa shape index (κ2) is 6.91. The van der Waals surface area contributed by atoms with Gasteiger partial charge in [0.15, 0.2) is 5.78 Å². The summed E-state index contributed by atoms with van der Waals surface area (Å²) >= 11 is 0. The Kier molecular flexibility index (Phi) is 4.44. The predicted molar refractivity (Wildman–Crippen MR) is 103 cm³/mol. The monoisotopic (exact) mass is 362 g/mol. The summed E-state index contributed by atoms with van der Waals surface area (Å²) in [6.07, 6.45) is 1.19. The zero-order valence-electron chi connectivity index (χ0n) is 15.7. The molecule has 138 valence electrons. The molecule has 0 fully saturated rings. The highest BCUT2D eigenvalue weighted by molar-refractivity contribution is 6.00. The third-order valence-corrected chi connectivity index (χ3v) is 5.19. The summed E-state index contributed by atoms with van der Waals surface area (Å²) in [6.45, 7) is 1.91. The SMILES string of the molecule is COc1ccc(C2CC(=O)c3c(C)nn(-c4ccccc4)c3C2)c(OC)c1. The van der Waals surface area contributed by atoms with Gasteiger partial charge in [0, 0.05) is 18.4 Å². The number of Topliss-reactive ketones (excluding diaryl/α,β-unsaturated/α-hetero) is 1. The van der Waals surface area contributed by atoms with Crippen LogP contribution in [0.4, 0.5) is 0 Å². The minimum Gasteiger partial charge on any atom is -0.497 e. The number of fused-ring (bicyclic) bond motifs is 1. The number of methoxy groups -OCH3 is 2. The van der Waals surface area contributed by atoms with Crippen molar-refractivity contribution in [3.05, 3.63) is 71.0 Å². The molecule has 1 aromatic heterocycles. The highest BCUT2D eigenvalue weighted by Gasteiger charge is 2.33. The molecule has 0 amide bonds. The third-order valence-electron chi connectivity index (χ3n) is 5.19. The van der Waals surface area contributed by atoms with Crippen molar-refractivity contribution in [2.45, 2.75) is 25.7 Å². The Morgan fingerprint density at radius 2 is 1.81 bits per heavy atom. The van der Waals surface area contributed by atoms with Crippen LogP contribution in [0.1, 0.15) is 39.6 Å². The minimum atomic E-state index is 0.0458. The van der Waals surface area contributed by atoms with E-state index in [0.717, 1.165) is 46.1 Å². The molecule has 0 saturated heterocycles. The van der Waals surface area contributed by atoms with Gasteiger partial charge in [-0.15, -0.1) is 0 Å². The fourth-order valence-electron chi connectivity index (χ4n) is 3.92. The maximum absolute atomic E-state index is 12.9. The van der Waals surface area contributed by atoms with Crippen molar-refractivity contribution < 1.29 is 14.3 Å². The van der Waals surface area contributed by atoms with Crippen LogP contribution in [0.5, 0.6) is 11.5 Å². The van der Waals surface area contributed by atoms with Gasteiger partial charge in [0.1, 0.15) is 11.5 Å². The van der Waals surface area contributed by atoms with Gasteiger partial charge < -0.3 is 9.47 Å². The zero-order chi connectivity index (χ0) is 19.0. The van der Waals surface area contributed by atoms with Crippen molar-refractivity contribution in [3.8, 4) is 17.2 Å². The largest absolute Gasteiger partial charge is 0.497 e. The average Bonchev–Trinajstić information content (AvgIpc) is 3.05. The molecule has 5 heteroatoms. The highest BCUT2D eigenvalue weighted by atomic mass is 16.5. The van der Waals surface area contributed by atoms with Crippen LogP contribution in [-0.4, -0.2) is 29.8 Å². The average molecular weight is 362 g/mol. The molecular formula is C22H22N2O3. The summed E-state index contributed by atoms with van der Waals surface area (Å²) in [5, 5.41) is 4.66. The van der Waals surface area contributed by atoms with Crippen LogP contribution >= 0.6 is 0 Å². The number of carbonyl (C=O) groups excluding carboxylic acids is 1. The number of aryl methyl sites for hydroxylation is 1. The smallest absolute Gasteiger partial charge is 0.167 e. The van der Waals surface area contributed by atoms with Crippen LogP contribution in [0, 0.1) is 6.92 Å². The Bertz CT molecular complexity index is 992. The van der Waals surface area contributed by atoms with Crippen LogP contribution in [0.3, 0.4) is 0 Å². The molecule has 0 aliphatic heterocycles. The maximum atomic E-state index is 12.9. The summed E-state index contributed by atoms with van der Waals surface area (Å²) in [5.41, 5.74) is 4.52. The van der Waals surface area contributed by atoms with Crippen molar-refractivity contribution in [3.63, 3.8) is 0 Å². The van der Waals surface area contributed by atoms with E-state index in [1.54, 1.807) is 14.2 Å². The van der Waals surface area contributed by atoms with E-state index in [4.69, 9.17) is 9.47 Å². The van der Waals surface area contributed by atoms with E-state index in [1.807, 2.05) is 60.1 Å².